The summed E-state index contributed by atoms with van der Waals surface area (Å²) in [7, 11) is -2.80. The van der Waals surface area contributed by atoms with E-state index in [0.29, 0.717) is 0 Å². The Hall–Kier alpha value is -7.43. The molecule has 1 aliphatic carbocycles. The van der Waals surface area contributed by atoms with Gasteiger partial charge in [0.25, 0.3) is 0 Å². The van der Waals surface area contributed by atoms with Crippen LogP contribution in [-0.4, -0.2) is 12.6 Å². The number of para-hydroxylation sites is 2. The molecule has 0 bridgehead atoms. The van der Waals surface area contributed by atoms with Gasteiger partial charge in [0.1, 0.15) is 0 Å². The number of aromatic nitrogens is 1. The lowest BCUT2D eigenvalue weighted by Gasteiger charge is -2.41. The molecule has 2 aliphatic rings. The molecule has 10 aromatic carbocycles. The van der Waals surface area contributed by atoms with E-state index in [2.05, 4.69) is 253 Å². The zero-order valence-corrected chi connectivity index (χ0v) is 36.8. The van der Waals surface area contributed by atoms with Crippen molar-refractivity contribution in [2.45, 2.75) is 15.2 Å². The summed E-state index contributed by atoms with van der Waals surface area (Å²) in [5, 5.41) is 8.26. The second-order valence-electron chi connectivity index (χ2n) is 17.1. The minimum Gasteiger partial charge on any atom is -0.309 e. The van der Waals surface area contributed by atoms with Crippen LogP contribution in [0.3, 0.4) is 0 Å². The molecule has 64 heavy (non-hydrogen) atoms. The van der Waals surface area contributed by atoms with Crippen molar-refractivity contribution in [2.24, 2.45) is 0 Å². The summed E-state index contributed by atoms with van der Waals surface area (Å²) in [4.78, 5) is 2.73. The maximum absolute atomic E-state index is 2.80. The van der Waals surface area contributed by atoms with E-state index in [1.165, 1.54) is 96.9 Å². The molecule has 11 aromatic rings. The summed E-state index contributed by atoms with van der Waals surface area (Å²) >= 11 is 1.97. The van der Waals surface area contributed by atoms with Crippen LogP contribution >= 0.6 is 11.8 Å². The molecule has 0 spiro atoms. The summed E-state index contributed by atoms with van der Waals surface area (Å²) in [6.07, 6.45) is 0. The van der Waals surface area contributed by atoms with Gasteiger partial charge in [0.2, 0.25) is 0 Å². The molecule has 3 heteroatoms. The van der Waals surface area contributed by atoms with Crippen molar-refractivity contribution in [3.63, 3.8) is 0 Å². The van der Waals surface area contributed by atoms with Crippen LogP contribution < -0.4 is 20.7 Å². The van der Waals surface area contributed by atoms with E-state index in [4.69, 9.17) is 0 Å². The molecule has 1 nitrogen and oxygen atoms in total. The van der Waals surface area contributed by atoms with Crippen LogP contribution in [0.2, 0.25) is 0 Å². The van der Waals surface area contributed by atoms with Crippen LogP contribution in [0.1, 0.15) is 22.3 Å². The average molecular weight is 848 g/mol. The third kappa shape index (κ3) is 5.20. The van der Waals surface area contributed by atoms with Gasteiger partial charge in [-0.15, -0.1) is 0 Å². The molecule has 2 heterocycles. The van der Waals surface area contributed by atoms with Crippen molar-refractivity contribution in [3.8, 4) is 27.9 Å². The van der Waals surface area contributed by atoms with Gasteiger partial charge in [0.15, 0.2) is 8.07 Å². The smallest absolute Gasteiger partial charge is 0.181 e. The Morgan fingerprint density at radius 1 is 0.391 bits per heavy atom. The van der Waals surface area contributed by atoms with Crippen LogP contribution in [0, 0.1) is 0 Å². The highest BCUT2D eigenvalue weighted by atomic mass is 32.2. The molecule has 0 radical (unpaired) electrons. The summed E-state index contributed by atoms with van der Waals surface area (Å²) in [6, 6.07) is 93.6. The van der Waals surface area contributed by atoms with E-state index in [9.17, 15) is 0 Å². The molecular formula is C61H41NSSi. The fraction of sp³-hybridized carbons (Fsp3) is 0.0164. The molecule has 0 fully saturated rings. The van der Waals surface area contributed by atoms with E-state index in [-0.39, 0.29) is 0 Å². The Bertz CT molecular complexity index is 3450. The Morgan fingerprint density at radius 2 is 0.938 bits per heavy atom. The lowest BCUT2D eigenvalue weighted by Crippen LogP contribution is -2.76. The first-order valence-electron chi connectivity index (χ1n) is 22.2. The minimum atomic E-state index is -2.80. The quantitative estimate of drug-likeness (QED) is 0.151. The maximum atomic E-state index is 2.53. The second-order valence-corrected chi connectivity index (χ2v) is 21.9. The SMILES string of the molecule is c1ccc(C2(c3ccccc3)c3cc(-c4cccc(-n5c6ccccc6c6ccccc65)c4)ccc3-c3c2ccc2c3Sc3ccccc3[Si]2(c2ccccc2)c2ccccc2)cc1. The number of hydrogen-bond donors (Lipinski definition) is 0. The average Bonchev–Trinajstić information content (AvgIpc) is 3.87. The molecule has 13 rings (SSSR count). The third-order valence-electron chi connectivity index (χ3n) is 14.0. The van der Waals surface area contributed by atoms with Crippen LogP contribution in [0.15, 0.2) is 259 Å². The minimum absolute atomic E-state index is 0.566. The molecule has 0 atom stereocenters. The van der Waals surface area contributed by atoms with E-state index in [0.717, 1.165) is 5.69 Å². The van der Waals surface area contributed by atoms with Crippen molar-refractivity contribution in [1.82, 2.24) is 4.57 Å². The molecule has 0 amide bonds. The van der Waals surface area contributed by atoms with E-state index in [1.54, 1.807) is 0 Å². The molecule has 0 saturated carbocycles. The predicted molar refractivity (Wildman–Crippen MR) is 271 cm³/mol. The highest BCUT2D eigenvalue weighted by Gasteiger charge is 2.52. The topological polar surface area (TPSA) is 4.93 Å². The van der Waals surface area contributed by atoms with E-state index >= 15 is 0 Å². The van der Waals surface area contributed by atoms with Crippen molar-refractivity contribution in [3.05, 3.63) is 271 Å². The first-order chi connectivity index (χ1) is 31.8. The van der Waals surface area contributed by atoms with E-state index < -0.39 is 13.5 Å². The van der Waals surface area contributed by atoms with Gasteiger partial charge in [0.05, 0.1) is 16.4 Å². The zero-order valence-electron chi connectivity index (χ0n) is 35.0. The van der Waals surface area contributed by atoms with Gasteiger partial charge >= 0.3 is 0 Å². The van der Waals surface area contributed by atoms with Gasteiger partial charge in [-0.2, -0.15) is 0 Å². The van der Waals surface area contributed by atoms with Crippen LogP contribution in [0.4, 0.5) is 0 Å². The lowest BCUT2D eigenvalue weighted by atomic mass is 9.67. The highest BCUT2D eigenvalue weighted by molar-refractivity contribution is 8.00. The number of fused-ring (bicyclic) bond motifs is 9. The largest absolute Gasteiger partial charge is 0.309 e. The molecular weight excluding hydrogens is 807 g/mol. The fourth-order valence-corrected chi connectivity index (χ4v) is 18.6. The Labute approximate surface area is 379 Å². The summed E-state index contributed by atoms with van der Waals surface area (Å²) in [5.41, 5.74) is 13.3. The Kier molecular flexibility index (Phi) is 8.46. The highest BCUT2D eigenvalue weighted by Crippen LogP contribution is 2.59. The number of nitrogens with zero attached hydrogens (tertiary/aromatic N) is 1. The molecule has 1 aliphatic heterocycles. The second kappa shape index (κ2) is 14.6. The molecule has 0 saturated heterocycles. The fourth-order valence-electron chi connectivity index (χ4n) is 11.4. The zero-order chi connectivity index (χ0) is 42.2. The van der Waals surface area contributed by atoms with E-state index in [1.807, 2.05) is 11.8 Å². The van der Waals surface area contributed by atoms with Gasteiger partial charge in [-0.3, -0.25) is 0 Å². The van der Waals surface area contributed by atoms with Gasteiger partial charge in [0, 0.05) is 31.8 Å². The Balaban J connectivity index is 1.11. The Morgan fingerprint density at radius 3 is 1.58 bits per heavy atom. The predicted octanol–water partition coefficient (Wildman–Crippen LogP) is 12.7. The van der Waals surface area contributed by atoms with Gasteiger partial charge in [-0.1, -0.05) is 224 Å². The molecule has 0 unspecified atom stereocenters. The standard InChI is InChI=1S/C61H41NSSi/c1-5-21-44(22-6-1)61(45-23-7-2-8-24-45)52-38-39-58-60(63-56-34-17-18-35-57(56)64(58,47-26-9-3-10-27-47)48-28-11-4-12-29-48)59(52)51-37-36-43(41-53(51)61)42-20-19-25-46(40-42)62-54-32-15-13-30-49(54)50-31-14-16-33-55(50)62/h1-41H. The summed E-state index contributed by atoms with van der Waals surface area (Å²) in [6.45, 7) is 0. The monoisotopic (exact) mass is 847 g/mol. The third-order valence-corrected chi connectivity index (χ3v) is 20.4. The molecule has 1 aromatic heterocycles. The van der Waals surface area contributed by atoms with Crippen molar-refractivity contribution >= 4 is 62.4 Å². The van der Waals surface area contributed by atoms with Crippen LogP contribution in [0.25, 0.3) is 49.7 Å². The molecule has 300 valence electrons. The first kappa shape index (κ1) is 37.2. The number of hydrogen-bond acceptors (Lipinski definition) is 1. The van der Waals surface area contributed by atoms with Gasteiger partial charge < -0.3 is 4.57 Å². The van der Waals surface area contributed by atoms with Crippen molar-refractivity contribution in [2.75, 3.05) is 0 Å². The number of rotatable bonds is 6. The van der Waals surface area contributed by atoms with Crippen molar-refractivity contribution < 1.29 is 0 Å². The maximum Gasteiger partial charge on any atom is 0.181 e. The van der Waals surface area contributed by atoms with Crippen LogP contribution in [-0.2, 0) is 5.41 Å². The lowest BCUT2D eigenvalue weighted by molar-refractivity contribution is 0.768. The summed E-state index contributed by atoms with van der Waals surface area (Å²) < 4.78 is 2.42. The van der Waals surface area contributed by atoms with Gasteiger partial charge in [-0.25, -0.2) is 0 Å². The molecule has 0 N–H and O–H groups in total. The number of benzene rings is 10. The summed E-state index contributed by atoms with van der Waals surface area (Å²) in [5.74, 6) is 0. The van der Waals surface area contributed by atoms with Gasteiger partial charge in [-0.05, 0) is 96.1 Å². The first-order valence-corrected chi connectivity index (χ1v) is 25.0. The van der Waals surface area contributed by atoms with Crippen LogP contribution in [0.5, 0.6) is 0 Å². The van der Waals surface area contributed by atoms with Crippen molar-refractivity contribution in [1.29, 1.82) is 0 Å². The normalized spacial score (nSPS) is 14.1.